The Morgan fingerprint density at radius 3 is 2.88 bits per heavy atom. The molecule has 0 aromatic carbocycles. The summed E-state index contributed by atoms with van der Waals surface area (Å²) in [6, 6.07) is 0.811. The Bertz CT molecular complexity index is 396. The molecule has 3 rings (SSSR count). The van der Waals surface area contributed by atoms with Crippen LogP contribution in [-0.2, 0) is 13.5 Å². The second kappa shape index (κ2) is 4.45. The van der Waals surface area contributed by atoms with Gasteiger partial charge in [0, 0.05) is 18.8 Å². The first-order chi connectivity index (χ1) is 8.24. The van der Waals surface area contributed by atoms with Crippen LogP contribution in [0, 0.1) is 18.8 Å². The molecule has 1 heterocycles. The molecule has 2 fully saturated rings. The van der Waals surface area contributed by atoms with Gasteiger partial charge in [-0.15, -0.1) is 0 Å². The summed E-state index contributed by atoms with van der Waals surface area (Å²) in [6.45, 7) is 3.26. The van der Waals surface area contributed by atoms with Crippen molar-refractivity contribution in [3.05, 3.63) is 17.5 Å². The van der Waals surface area contributed by atoms with Crippen LogP contribution in [0.1, 0.15) is 36.9 Å². The third kappa shape index (κ3) is 2.13. The van der Waals surface area contributed by atoms with Crippen molar-refractivity contribution in [3.8, 4) is 0 Å². The fraction of sp³-hybridized carbons (Fsp3) is 0.786. The number of hydrogen-bond acceptors (Lipinski definition) is 2. The molecule has 0 unspecified atom stereocenters. The molecule has 0 spiro atoms. The minimum absolute atomic E-state index is 0.811. The first kappa shape index (κ1) is 11.3. The van der Waals surface area contributed by atoms with Gasteiger partial charge in [-0.2, -0.15) is 5.10 Å². The van der Waals surface area contributed by atoms with Crippen LogP contribution < -0.4 is 5.32 Å². The lowest BCUT2D eigenvalue weighted by Crippen LogP contribution is -2.35. The maximum atomic E-state index is 4.29. The third-order valence-electron chi connectivity index (χ3n) is 4.88. The van der Waals surface area contributed by atoms with Gasteiger partial charge < -0.3 is 5.32 Å². The van der Waals surface area contributed by atoms with Crippen molar-refractivity contribution in [2.45, 2.75) is 45.1 Å². The normalized spacial score (nSPS) is 31.3. The second-order valence-electron chi connectivity index (χ2n) is 5.86. The van der Waals surface area contributed by atoms with Crippen molar-refractivity contribution in [2.24, 2.45) is 18.9 Å². The second-order valence-corrected chi connectivity index (χ2v) is 5.86. The summed E-state index contributed by atoms with van der Waals surface area (Å²) in [5.41, 5.74) is 2.70. The van der Waals surface area contributed by atoms with Crippen LogP contribution in [0.25, 0.3) is 0 Å². The highest BCUT2D eigenvalue weighted by Crippen LogP contribution is 2.44. The van der Waals surface area contributed by atoms with E-state index in [1.54, 1.807) is 0 Å². The van der Waals surface area contributed by atoms with Gasteiger partial charge in [0.15, 0.2) is 0 Å². The van der Waals surface area contributed by atoms with Gasteiger partial charge in [-0.1, -0.05) is 6.42 Å². The Kier molecular flexibility index (Phi) is 2.95. The molecule has 3 atom stereocenters. The summed E-state index contributed by atoms with van der Waals surface area (Å²) in [7, 11) is 2.02. The van der Waals surface area contributed by atoms with Crippen LogP contribution in [0.5, 0.6) is 0 Å². The van der Waals surface area contributed by atoms with Gasteiger partial charge in [0.05, 0.1) is 6.20 Å². The Labute approximate surface area is 104 Å². The van der Waals surface area contributed by atoms with Gasteiger partial charge in [-0.05, 0) is 56.6 Å². The lowest BCUT2D eigenvalue weighted by Gasteiger charge is -2.22. The number of aromatic nitrogens is 2. The SMILES string of the molecule is Cc1c(CCN[C@H]2C[C@H]3CC[C@H]2C3)cnn1C. The number of rotatable bonds is 4. The topological polar surface area (TPSA) is 29.9 Å². The molecule has 2 saturated carbocycles. The van der Waals surface area contributed by atoms with Gasteiger partial charge in [-0.3, -0.25) is 4.68 Å². The van der Waals surface area contributed by atoms with Crippen LogP contribution in [-0.4, -0.2) is 22.4 Å². The van der Waals surface area contributed by atoms with Crippen LogP contribution in [0.3, 0.4) is 0 Å². The predicted octanol–water partition coefficient (Wildman–Crippen LogP) is 2.05. The zero-order valence-electron chi connectivity index (χ0n) is 10.9. The smallest absolute Gasteiger partial charge is 0.0524 e. The Morgan fingerprint density at radius 2 is 2.29 bits per heavy atom. The number of aryl methyl sites for hydroxylation is 1. The molecule has 0 saturated heterocycles. The molecule has 0 amide bonds. The van der Waals surface area contributed by atoms with Crippen LogP contribution in [0.2, 0.25) is 0 Å². The minimum atomic E-state index is 0.811. The summed E-state index contributed by atoms with van der Waals surface area (Å²) in [5.74, 6) is 2.02. The largest absolute Gasteiger partial charge is 0.313 e. The van der Waals surface area contributed by atoms with Crippen molar-refractivity contribution in [1.29, 1.82) is 0 Å². The molecule has 17 heavy (non-hydrogen) atoms. The van der Waals surface area contributed by atoms with E-state index >= 15 is 0 Å². The monoisotopic (exact) mass is 233 g/mol. The molecule has 94 valence electrons. The van der Waals surface area contributed by atoms with E-state index in [1.807, 2.05) is 17.9 Å². The highest BCUT2D eigenvalue weighted by Gasteiger charge is 2.38. The summed E-state index contributed by atoms with van der Waals surface area (Å²) in [5, 5.41) is 8.05. The standard InChI is InChI=1S/C14H23N3/c1-10-13(9-16-17(10)2)5-6-15-14-8-11-3-4-12(14)7-11/h9,11-12,14-15H,3-8H2,1-2H3/t11-,12-,14-/m0/s1. The molecule has 0 aliphatic heterocycles. The van der Waals surface area contributed by atoms with E-state index in [-0.39, 0.29) is 0 Å². The van der Waals surface area contributed by atoms with Crippen molar-refractivity contribution in [2.75, 3.05) is 6.54 Å². The van der Waals surface area contributed by atoms with E-state index in [9.17, 15) is 0 Å². The van der Waals surface area contributed by atoms with E-state index in [0.29, 0.717) is 0 Å². The van der Waals surface area contributed by atoms with Crippen molar-refractivity contribution >= 4 is 0 Å². The van der Waals surface area contributed by atoms with Gasteiger partial charge in [0.2, 0.25) is 0 Å². The van der Waals surface area contributed by atoms with Gasteiger partial charge in [0.25, 0.3) is 0 Å². The summed E-state index contributed by atoms with van der Waals surface area (Å²) < 4.78 is 1.97. The Morgan fingerprint density at radius 1 is 1.41 bits per heavy atom. The number of fused-ring (bicyclic) bond motifs is 2. The lowest BCUT2D eigenvalue weighted by atomic mass is 9.95. The zero-order chi connectivity index (χ0) is 11.8. The fourth-order valence-electron chi connectivity index (χ4n) is 3.68. The molecule has 0 radical (unpaired) electrons. The molecular formula is C14H23N3. The maximum Gasteiger partial charge on any atom is 0.0524 e. The van der Waals surface area contributed by atoms with Crippen molar-refractivity contribution in [1.82, 2.24) is 15.1 Å². The molecule has 3 nitrogen and oxygen atoms in total. The first-order valence-corrected chi connectivity index (χ1v) is 6.95. The zero-order valence-corrected chi connectivity index (χ0v) is 10.9. The molecule has 1 aromatic heterocycles. The predicted molar refractivity (Wildman–Crippen MR) is 68.9 cm³/mol. The average molecular weight is 233 g/mol. The molecule has 1 aromatic rings. The van der Waals surface area contributed by atoms with E-state index in [0.717, 1.165) is 30.8 Å². The van der Waals surface area contributed by atoms with E-state index < -0.39 is 0 Å². The summed E-state index contributed by atoms with van der Waals surface area (Å²) in [4.78, 5) is 0. The highest BCUT2D eigenvalue weighted by atomic mass is 15.3. The molecule has 3 heteroatoms. The average Bonchev–Trinajstić information content (AvgIpc) is 3.00. The van der Waals surface area contributed by atoms with Crippen molar-refractivity contribution < 1.29 is 0 Å². The molecule has 2 bridgehead atoms. The summed E-state index contributed by atoms with van der Waals surface area (Å²) >= 11 is 0. The van der Waals surface area contributed by atoms with Crippen LogP contribution in [0.4, 0.5) is 0 Å². The lowest BCUT2D eigenvalue weighted by molar-refractivity contribution is 0.354. The van der Waals surface area contributed by atoms with Gasteiger partial charge in [0.1, 0.15) is 0 Å². The number of nitrogens with one attached hydrogen (secondary N) is 1. The number of hydrogen-bond donors (Lipinski definition) is 1. The molecular weight excluding hydrogens is 210 g/mol. The Balaban J connectivity index is 1.48. The first-order valence-electron chi connectivity index (χ1n) is 6.95. The molecule has 1 N–H and O–H groups in total. The minimum Gasteiger partial charge on any atom is -0.313 e. The van der Waals surface area contributed by atoms with E-state index in [4.69, 9.17) is 0 Å². The highest BCUT2D eigenvalue weighted by molar-refractivity contribution is 5.16. The quantitative estimate of drug-likeness (QED) is 0.862. The van der Waals surface area contributed by atoms with Crippen LogP contribution >= 0.6 is 0 Å². The van der Waals surface area contributed by atoms with Gasteiger partial charge >= 0.3 is 0 Å². The number of nitrogens with zero attached hydrogens (tertiary/aromatic N) is 2. The molecule has 2 aliphatic carbocycles. The van der Waals surface area contributed by atoms with Gasteiger partial charge in [-0.25, -0.2) is 0 Å². The third-order valence-corrected chi connectivity index (χ3v) is 4.88. The fourth-order valence-corrected chi connectivity index (χ4v) is 3.68. The molecule has 2 aliphatic rings. The summed E-state index contributed by atoms with van der Waals surface area (Å²) in [6.07, 6.45) is 9.00. The Hall–Kier alpha value is -0.830. The van der Waals surface area contributed by atoms with Crippen molar-refractivity contribution in [3.63, 3.8) is 0 Å². The van der Waals surface area contributed by atoms with E-state index in [1.165, 1.54) is 36.9 Å². The van der Waals surface area contributed by atoms with Crippen LogP contribution in [0.15, 0.2) is 6.20 Å². The van der Waals surface area contributed by atoms with E-state index in [2.05, 4.69) is 17.3 Å². The maximum absolute atomic E-state index is 4.29.